The Labute approximate surface area is 91.4 Å². The summed E-state index contributed by atoms with van der Waals surface area (Å²) in [4.78, 5) is 3.60. The minimum absolute atomic E-state index is 0.0123. The maximum Gasteiger partial charge on any atom is 0.149 e. The van der Waals surface area contributed by atoms with E-state index in [9.17, 15) is 0 Å². The fourth-order valence-corrected chi connectivity index (χ4v) is 0.933. The highest BCUT2D eigenvalue weighted by atomic mass is 35.5. The Hall–Kier alpha value is -1.53. The van der Waals surface area contributed by atoms with Crippen LogP contribution in [0, 0.1) is 5.41 Å². The van der Waals surface area contributed by atoms with E-state index in [0.717, 1.165) is 5.67 Å². The summed E-state index contributed by atoms with van der Waals surface area (Å²) in [5.74, 6) is 0.119. The van der Waals surface area contributed by atoms with Crippen molar-refractivity contribution in [2.45, 2.75) is 6.42 Å². The first-order valence-electron chi connectivity index (χ1n) is 4.17. The predicted octanol–water partition coefficient (Wildman–Crippen LogP) is 0.419. The molecule has 1 aromatic heterocycles. The third-order valence-electron chi connectivity index (χ3n) is 1.53. The highest BCUT2D eigenvalue weighted by Crippen LogP contribution is 1.94. The topological polar surface area (TPSA) is 87.2 Å². The highest BCUT2D eigenvalue weighted by Gasteiger charge is 2.01. The molecule has 0 saturated carbocycles. The van der Waals surface area contributed by atoms with Crippen LogP contribution in [0.1, 0.15) is 5.69 Å². The molecule has 2 N–H and O–H groups in total. The van der Waals surface area contributed by atoms with Crippen LogP contribution in [0.3, 0.4) is 0 Å². The summed E-state index contributed by atoms with van der Waals surface area (Å²) >= 11 is 5.20. The van der Waals surface area contributed by atoms with Crippen molar-refractivity contribution >= 4 is 23.1 Å². The van der Waals surface area contributed by atoms with Crippen molar-refractivity contribution in [2.75, 3.05) is 6.61 Å². The van der Waals surface area contributed by atoms with E-state index in [2.05, 4.69) is 15.3 Å². The van der Waals surface area contributed by atoms with Crippen LogP contribution in [0.5, 0.6) is 0 Å². The van der Waals surface area contributed by atoms with Gasteiger partial charge in [0.25, 0.3) is 0 Å². The van der Waals surface area contributed by atoms with Gasteiger partial charge >= 0.3 is 0 Å². The third-order valence-corrected chi connectivity index (χ3v) is 1.64. The zero-order valence-corrected chi connectivity index (χ0v) is 8.59. The normalized spacial score (nSPS) is 11.6. The fourth-order valence-electron chi connectivity index (χ4n) is 0.868. The lowest BCUT2D eigenvalue weighted by Gasteiger charge is -1.93. The molecule has 1 rings (SSSR count). The maximum absolute atomic E-state index is 8.66. The fraction of sp³-hybridized carbons (Fsp3) is 0.250. The van der Waals surface area contributed by atoms with E-state index in [1.54, 1.807) is 6.20 Å². The third kappa shape index (κ3) is 3.61. The molecule has 1 heterocycles. The summed E-state index contributed by atoms with van der Waals surface area (Å²) in [5, 5.41) is 23.7. The SMILES string of the molecule is N=C(/C=C\N=C\Cl)n1cc(CCO)nn1. The zero-order chi connectivity index (χ0) is 11.1. The number of nitrogens with zero attached hydrogens (tertiary/aromatic N) is 4. The monoisotopic (exact) mass is 227 g/mol. The molecule has 0 aliphatic heterocycles. The molecule has 0 aromatic carbocycles. The lowest BCUT2D eigenvalue weighted by atomic mass is 10.3. The highest BCUT2D eigenvalue weighted by molar-refractivity contribution is 6.56. The standard InChI is InChI=1S/C8H10ClN5O/c9-6-11-3-1-8(10)14-5-7(2-4-15)12-13-14/h1,3,5-6,10,15H,2,4H2/b3-1-,10-8?,11-6+. The van der Waals surface area contributed by atoms with Crippen LogP contribution in [-0.4, -0.2) is 38.2 Å². The summed E-state index contributed by atoms with van der Waals surface area (Å²) in [7, 11) is 0. The van der Waals surface area contributed by atoms with E-state index in [1.807, 2.05) is 0 Å². The predicted molar refractivity (Wildman–Crippen MR) is 57.4 cm³/mol. The van der Waals surface area contributed by atoms with E-state index in [4.69, 9.17) is 22.1 Å². The molecule has 0 atom stereocenters. The second-order valence-electron chi connectivity index (χ2n) is 2.58. The van der Waals surface area contributed by atoms with E-state index < -0.39 is 0 Å². The molecule has 0 aliphatic carbocycles. The number of hydrogen-bond donors (Lipinski definition) is 2. The Balaban J connectivity index is 2.65. The van der Waals surface area contributed by atoms with Crippen LogP contribution in [0.25, 0.3) is 0 Å². The average molecular weight is 228 g/mol. The number of rotatable bonds is 4. The van der Waals surface area contributed by atoms with Crippen molar-refractivity contribution in [3.8, 4) is 0 Å². The minimum Gasteiger partial charge on any atom is -0.396 e. The van der Waals surface area contributed by atoms with Crippen molar-refractivity contribution in [3.05, 3.63) is 24.2 Å². The number of aliphatic imine (C=N–C) groups is 1. The van der Waals surface area contributed by atoms with Gasteiger partial charge in [-0.15, -0.1) is 5.10 Å². The van der Waals surface area contributed by atoms with Crippen LogP contribution in [0.15, 0.2) is 23.5 Å². The van der Waals surface area contributed by atoms with Gasteiger partial charge in [0, 0.05) is 25.3 Å². The molecule has 0 saturated heterocycles. The Bertz CT molecular complexity index is 384. The van der Waals surface area contributed by atoms with Gasteiger partial charge in [0.15, 0.2) is 0 Å². The number of nitrogens with one attached hydrogen (secondary N) is 1. The number of aliphatic hydroxyl groups excluding tert-OH is 1. The Morgan fingerprint density at radius 1 is 1.73 bits per heavy atom. The van der Waals surface area contributed by atoms with Gasteiger partial charge in [-0.25, -0.2) is 4.68 Å². The largest absolute Gasteiger partial charge is 0.396 e. The average Bonchev–Trinajstić information content (AvgIpc) is 2.67. The summed E-state index contributed by atoms with van der Waals surface area (Å²) in [6.45, 7) is 0.0123. The Morgan fingerprint density at radius 2 is 2.53 bits per heavy atom. The van der Waals surface area contributed by atoms with Gasteiger partial charge in [-0.3, -0.25) is 10.4 Å². The number of halogens is 1. The lowest BCUT2D eigenvalue weighted by molar-refractivity contribution is 0.298. The van der Waals surface area contributed by atoms with Crippen LogP contribution >= 0.6 is 11.6 Å². The first-order valence-corrected chi connectivity index (χ1v) is 4.61. The second kappa shape index (κ2) is 6.05. The molecule has 1 aromatic rings. The van der Waals surface area contributed by atoms with Crippen molar-refractivity contribution in [1.82, 2.24) is 15.0 Å². The molecule has 7 heteroatoms. The molecule has 0 unspecified atom stereocenters. The Morgan fingerprint density at radius 3 is 3.20 bits per heavy atom. The lowest BCUT2D eigenvalue weighted by Crippen LogP contribution is -2.07. The quantitative estimate of drug-likeness (QED) is 0.577. The van der Waals surface area contributed by atoms with Crippen LogP contribution in [-0.2, 0) is 6.42 Å². The number of hydrogen-bond acceptors (Lipinski definition) is 5. The Kier molecular flexibility index (Phi) is 4.65. The number of allylic oxidation sites excluding steroid dienone is 1. The summed E-state index contributed by atoms with van der Waals surface area (Å²) in [5.41, 5.74) is 1.74. The molecule has 15 heavy (non-hydrogen) atoms. The summed E-state index contributed by atoms with van der Waals surface area (Å²) in [6.07, 6.45) is 4.81. The molecule has 0 fully saturated rings. The summed E-state index contributed by atoms with van der Waals surface area (Å²) in [6, 6.07) is 0. The van der Waals surface area contributed by atoms with Crippen molar-refractivity contribution in [1.29, 1.82) is 5.41 Å². The van der Waals surface area contributed by atoms with Crippen molar-refractivity contribution in [2.24, 2.45) is 4.99 Å². The number of aliphatic hydroxyl groups is 1. The van der Waals surface area contributed by atoms with Crippen LogP contribution < -0.4 is 0 Å². The van der Waals surface area contributed by atoms with Crippen molar-refractivity contribution in [3.63, 3.8) is 0 Å². The number of aromatic nitrogens is 3. The van der Waals surface area contributed by atoms with Gasteiger partial charge < -0.3 is 5.11 Å². The second-order valence-corrected chi connectivity index (χ2v) is 2.77. The van der Waals surface area contributed by atoms with E-state index in [-0.39, 0.29) is 12.4 Å². The molecule has 0 amide bonds. The molecule has 80 valence electrons. The molecule has 0 bridgehead atoms. The smallest absolute Gasteiger partial charge is 0.149 e. The van der Waals surface area contributed by atoms with Gasteiger partial charge in [0.1, 0.15) is 5.84 Å². The van der Waals surface area contributed by atoms with E-state index in [0.29, 0.717) is 12.1 Å². The van der Waals surface area contributed by atoms with E-state index >= 15 is 0 Å². The molecule has 0 aliphatic rings. The maximum atomic E-state index is 8.66. The first kappa shape index (κ1) is 11.5. The molecule has 0 spiro atoms. The van der Waals surface area contributed by atoms with E-state index in [1.165, 1.54) is 17.0 Å². The molecular formula is C8H10ClN5O. The van der Waals surface area contributed by atoms with Crippen LogP contribution in [0.4, 0.5) is 0 Å². The van der Waals surface area contributed by atoms with Gasteiger partial charge in [-0.1, -0.05) is 16.8 Å². The van der Waals surface area contributed by atoms with Crippen molar-refractivity contribution < 1.29 is 5.11 Å². The van der Waals surface area contributed by atoms with Gasteiger partial charge in [0.2, 0.25) is 0 Å². The summed E-state index contributed by atoms with van der Waals surface area (Å²) < 4.78 is 1.28. The van der Waals surface area contributed by atoms with Gasteiger partial charge in [-0.2, -0.15) is 0 Å². The molecule has 6 nitrogen and oxygen atoms in total. The zero-order valence-electron chi connectivity index (χ0n) is 7.84. The minimum atomic E-state index is 0.0123. The van der Waals surface area contributed by atoms with Gasteiger partial charge in [-0.05, 0) is 0 Å². The van der Waals surface area contributed by atoms with Gasteiger partial charge in [0.05, 0.1) is 17.6 Å². The molecule has 0 radical (unpaired) electrons. The first-order chi connectivity index (χ1) is 7.27. The van der Waals surface area contributed by atoms with Crippen LogP contribution in [0.2, 0.25) is 0 Å². The molecular weight excluding hydrogens is 218 g/mol.